The zero-order chi connectivity index (χ0) is 18.6. The molecule has 5 heteroatoms. The molecule has 4 rings (SSSR count). The summed E-state index contributed by atoms with van der Waals surface area (Å²) in [6.07, 6.45) is 5.76. The summed E-state index contributed by atoms with van der Waals surface area (Å²) >= 11 is 1.45. The highest BCUT2D eigenvalue weighted by atomic mass is 32.1. The summed E-state index contributed by atoms with van der Waals surface area (Å²) < 4.78 is 0. The molecule has 2 aliphatic rings. The number of nitrogens with zero attached hydrogens (tertiary/aromatic N) is 2. The minimum absolute atomic E-state index is 0.000533. The van der Waals surface area contributed by atoms with Crippen LogP contribution in [0.1, 0.15) is 40.9 Å². The van der Waals surface area contributed by atoms with E-state index in [9.17, 15) is 9.59 Å². The summed E-state index contributed by atoms with van der Waals surface area (Å²) in [4.78, 5) is 30.5. The van der Waals surface area contributed by atoms with Crippen LogP contribution < -0.4 is 0 Å². The predicted octanol–water partition coefficient (Wildman–Crippen LogP) is 4.06. The molecule has 27 heavy (non-hydrogen) atoms. The fourth-order valence-electron chi connectivity index (χ4n) is 3.97. The van der Waals surface area contributed by atoms with Gasteiger partial charge in [-0.05, 0) is 48.3 Å². The zero-order valence-corrected chi connectivity index (χ0v) is 16.2. The molecule has 0 N–H and O–H groups in total. The highest BCUT2D eigenvalue weighted by Crippen LogP contribution is 2.26. The van der Waals surface area contributed by atoms with Crippen molar-refractivity contribution in [3.05, 3.63) is 64.4 Å². The second kappa shape index (κ2) is 8.09. The van der Waals surface area contributed by atoms with Crippen LogP contribution in [-0.4, -0.2) is 47.3 Å². The predicted molar refractivity (Wildman–Crippen MR) is 109 cm³/mol. The second-order valence-electron chi connectivity index (χ2n) is 7.12. The molecule has 0 radical (unpaired) electrons. The summed E-state index contributed by atoms with van der Waals surface area (Å²) in [6, 6.07) is 13.8. The molecule has 2 aromatic rings. The van der Waals surface area contributed by atoms with Gasteiger partial charge in [-0.25, -0.2) is 0 Å². The Morgan fingerprint density at radius 3 is 2.56 bits per heavy atom. The van der Waals surface area contributed by atoms with Crippen molar-refractivity contribution >= 4 is 28.7 Å². The second-order valence-corrected chi connectivity index (χ2v) is 8.06. The van der Waals surface area contributed by atoms with Crippen molar-refractivity contribution in [3.63, 3.8) is 0 Å². The number of hydrogen-bond donors (Lipinski definition) is 0. The van der Waals surface area contributed by atoms with Gasteiger partial charge in [0.2, 0.25) is 5.91 Å². The van der Waals surface area contributed by atoms with Crippen molar-refractivity contribution in [2.24, 2.45) is 0 Å². The molecule has 140 valence electrons. The van der Waals surface area contributed by atoms with Gasteiger partial charge in [-0.15, -0.1) is 11.3 Å². The van der Waals surface area contributed by atoms with Crippen molar-refractivity contribution < 1.29 is 9.59 Å². The fraction of sp³-hybridized carbons (Fsp3) is 0.364. The molecule has 2 amide bonds. The summed E-state index contributed by atoms with van der Waals surface area (Å²) in [5, 5.41) is 1.91. The van der Waals surface area contributed by atoms with Gasteiger partial charge in [0, 0.05) is 19.6 Å². The number of benzene rings is 1. The minimum atomic E-state index is -0.319. The topological polar surface area (TPSA) is 40.6 Å². The van der Waals surface area contributed by atoms with Crippen LogP contribution in [0.3, 0.4) is 0 Å². The fourth-order valence-corrected chi connectivity index (χ4v) is 4.65. The number of thiophene rings is 1. The Hall–Kier alpha value is -2.40. The van der Waals surface area contributed by atoms with Crippen LogP contribution in [0.25, 0.3) is 5.57 Å². The van der Waals surface area contributed by atoms with E-state index >= 15 is 0 Å². The Morgan fingerprint density at radius 1 is 1.00 bits per heavy atom. The van der Waals surface area contributed by atoms with Gasteiger partial charge in [-0.3, -0.25) is 9.59 Å². The number of likely N-dealkylation sites (tertiary alicyclic amines) is 1. The van der Waals surface area contributed by atoms with Crippen LogP contribution in [0.15, 0.2) is 53.9 Å². The number of carbonyl (C=O) groups excluding carboxylic acids is 2. The Balaban J connectivity index is 1.46. The van der Waals surface area contributed by atoms with Crippen LogP contribution in [0.5, 0.6) is 0 Å². The average molecular weight is 381 g/mol. The maximum atomic E-state index is 13.2. The number of piperidine rings is 1. The van der Waals surface area contributed by atoms with E-state index in [1.165, 1.54) is 22.5 Å². The van der Waals surface area contributed by atoms with E-state index in [1.807, 2.05) is 40.6 Å². The summed E-state index contributed by atoms with van der Waals surface area (Å²) in [5.41, 5.74) is 2.53. The Kier molecular flexibility index (Phi) is 5.39. The molecule has 1 aromatic heterocycles. The number of amides is 2. The van der Waals surface area contributed by atoms with Crippen LogP contribution in [0.4, 0.5) is 0 Å². The van der Waals surface area contributed by atoms with Crippen molar-refractivity contribution in [1.29, 1.82) is 0 Å². The molecule has 1 atom stereocenters. The molecular weight excluding hydrogens is 356 g/mol. The molecule has 2 aliphatic heterocycles. The van der Waals surface area contributed by atoms with E-state index in [0.717, 1.165) is 37.1 Å². The van der Waals surface area contributed by atoms with Gasteiger partial charge in [0.25, 0.3) is 5.91 Å². The number of hydrogen-bond acceptors (Lipinski definition) is 3. The van der Waals surface area contributed by atoms with Crippen LogP contribution in [0.2, 0.25) is 0 Å². The van der Waals surface area contributed by atoms with Gasteiger partial charge in [0.15, 0.2) is 0 Å². The van der Waals surface area contributed by atoms with Gasteiger partial charge < -0.3 is 9.80 Å². The lowest BCUT2D eigenvalue weighted by molar-refractivity contribution is -0.136. The van der Waals surface area contributed by atoms with Gasteiger partial charge in [-0.2, -0.15) is 0 Å². The summed E-state index contributed by atoms with van der Waals surface area (Å²) in [6.45, 7) is 2.02. The first-order chi connectivity index (χ1) is 13.2. The Morgan fingerprint density at radius 2 is 1.85 bits per heavy atom. The first kappa shape index (κ1) is 18.0. The van der Waals surface area contributed by atoms with Crippen molar-refractivity contribution in [2.75, 3.05) is 19.6 Å². The lowest BCUT2D eigenvalue weighted by Crippen LogP contribution is -2.53. The van der Waals surface area contributed by atoms with E-state index in [-0.39, 0.29) is 17.9 Å². The van der Waals surface area contributed by atoms with Crippen molar-refractivity contribution in [1.82, 2.24) is 9.80 Å². The highest BCUT2D eigenvalue weighted by Gasteiger charge is 2.35. The van der Waals surface area contributed by atoms with Crippen LogP contribution >= 0.6 is 11.3 Å². The molecule has 1 saturated heterocycles. The van der Waals surface area contributed by atoms with Gasteiger partial charge in [0.05, 0.1) is 4.88 Å². The van der Waals surface area contributed by atoms with Crippen molar-refractivity contribution in [2.45, 2.75) is 31.7 Å². The molecule has 0 bridgehead atoms. The molecule has 1 aromatic carbocycles. The van der Waals surface area contributed by atoms with Gasteiger partial charge >= 0.3 is 0 Å². The molecule has 0 aliphatic carbocycles. The first-order valence-electron chi connectivity index (χ1n) is 9.62. The van der Waals surface area contributed by atoms with E-state index in [2.05, 4.69) is 18.2 Å². The van der Waals surface area contributed by atoms with E-state index in [4.69, 9.17) is 0 Å². The lowest BCUT2D eigenvalue weighted by atomic mass is 9.97. The smallest absolute Gasteiger partial charge is 0.264 e. The standard InChI is InChI=1S/C22H24N2O2S/c25-21(23-14-11-18(12-15-23)17-7-2-1-3-8-17)19-9-4-5-13-24(19)22(26)20-10-6-16-27-20/h1-3,6-8,10-11,16,19H,4-5,9,12-15H2/t19-/m0/s1. The largest absolute Gasteiger partial charge is 0.337 e. The molecule has 1 fully saturated rings. The normalized spacial score (nSPS) is 20.3. The molecule has 0 spiro atoms. The third kappa shape index (κ3) is 3.83. The quantitative estimate of drug-likeness (QED) is 0.806. The van der Waals surface area contributed by atoms with Gasteiger partial charge in [-0.1, -0.05) is 42.5 Å². The zero-order valence-electron chi connectivity index (χ0n) is 15.3. The van der Waals surface area contributed by atoms with Crippen molar-refractivity contribution in [3.8, 4) is 0 Å². The number of carbonyl (C=O) groups is 2. The van der Waals surface area contributed by atoms with E-state index in [1.54, 1.807) is 4.90 Å². The highest BCUT2D eigenvalue weighted by molar-refractivity contribution is 7.12. The third-order valence-corrected chi connectivity index (χ3v) is 6.30. The Bertz CT molecular complexity index is 829. The average Bonchev–Trinajstić information content (AvgIpc) is 3.28. The maximum absolute atomic E-state index is 13.2. The molecule has 0 saturated carbocycles. The summed E-state index contributed by atoms with van der Waals surface area (Å²) in [5.74, 6) is 0.101. The van der Waals surface area contributed by atoms with E-state index in [0.29, 0.717) is 13.1 Å². The van der Waals surface area contributed by atoms with Gasteiger partial charge in [0.1, 0.15) is 6.04 Å². The maximum Gasteiger partial charge on any atom is 0.264 e. The monoisotopic (exact) mass is 380 g/mol. The number of rotatable bonds is 3. The SMILES string of the molecule is O=C([C@@H]1CCCCN1C(=O)c1cccs1)N1CC=C(c2ccccc2)CC1. The molecule has 3 heterocycles. The van der Waals surface area contributed by atoms with Crippen LogP contribution in [0, 0.1) is 0 Å². The van der Waals surface area contributed by atoms with E-state index < -0.39 is 0 Å². The minimum Gasteiger partial charge on any atom is -0.337 e. The Labute approximate surface area is 164 Å². The third-order valence-electron chi connectivity index (χ3n) is 5.45. The molecule has 4 nitrogen and oxygen atoms in total. The molecular formula is C22H24N2O2S. The van der Waals surface area contributed by atoms with Crippen LogP contribution in [-0.2, 0) is 4.79 Å². The summed E-state index contributed by atoms with van der Waals surface area (Å²) in [7, 11) is 0. The first-order valence-corrected chi connectivity index (χ1v) is 10.5. The molecule has 0 unspecified atom stereocenters. The lowest BCUT2D eigenvalue weighted by Gasteiger charge is -2.38.